The van der Waals surface area contributed by atoms with E-state index in [4.69, 9.17) is 5.11 Å². The maximum absolute atomic E-state index is 12.1. The Hall–Kier alpha value is -1.36. The fourth-order valence-corrected chi connectivity index (χ4v) is 3.93. The van der Waals surface area contributed by atoms with Crippen LogP contribution in [0.5, 0.6) is 0 Å². The highest BCUT2D eigenvalue weighted by molar-refractivity contribution is 7.14. The largest absolute Gasteiger partial charge is 0.481 e. The van der Waals surface area contributed by atoms with E-state index in [9.17, 15) is 9.59 Å². The number of carboxylic acids is 1. The monoisotopic (exact) mass is 295 g/mol. The predicted octanol–water partition coefficient (Wildman–Crippen LogP) is 2.85. The molecule has 1 saturated carbocycles. The van der Waals surface area contributed by atoms with Crippen molar-refractivity contribution >= 4 is 23.2 Å². The van der Waals surface area contributed by atoms with Gasteiger partial charge in [-0.25, -0.2) is 0 Å². The average Bonchev–Trinajstić information content (AvgIpc) is 3.01. The zero-order valence-corrected chi connectivity index (χ0v) is 12.8. The van der Waals surface area contributed by atoms with Crippen molar-refractivity contribution in [1.29, 1.82) is 0 Å². The van der Waals surface area contributed by atoms with Crippen LogP contribution < -0.4 is 5.32 Å². The van der Waals surface area contributed by atoms with Crippen LogP contribution in [0.15, 0.2) is 6.07 Å². The fraction of sp³-hybridized carbons (Fsp3) is 0.600. The first-order valence-electron chi connectivity index (χ1n) is 7.13. The van der Waals surface area contributed by atoms with Crippen LogP contribution in [0.4, 0.5) is 0 Å². The van der Waals surface area contributed by atoms with E-state index in [1.807, 2.05) is 13.0 Å². The van der Waals surface area contributed by atoms with Gasteiger partial charge in [0.1, 0.15) is 0 Å². The second-order valence-electron chi connectivity index (χ2n) is 5.42. The molecule has 2 rings (SSSR count). The van der Waals surface area contributed by atoms with Gasteiger partial charge in [-0.3, -0.25) is 9.59 Å². The first kappa shape index (κ1) is 15.0. The Morgan fingerprint density at radius 1 is 1.45 bits per heavy atom. The molecule has 1 aliphatic rings. The lowest BCUT2D eigenvalue weighted by molar-refractivity contribution is -0.142. The summed E-state index contributed by atoms with van der Waals surface area (Å²) in [5, 5.41) is 12.0. The fourth-order valence-electron chi connectivity index (χ4n) is 2.90. The minimum absolute atomic E-state index is 0.0724. The van der Waals surface area contributed by atoms with Gasteiger partial charge in [0.25, 0.3) is 5.91 Å². The minimum atomic E-state index is -0.734. The van der Waals surface area contributed by atoms with Crippen molar-refractivity contribution in [2.45, 2.75) is 39.5 Å². The quantitative estimate of drug-likeness (QED) is 0.878. The summed E-state index contributed by atoms with van der Waals surface area (Å²) in [7, 11) is 0. The summed E-state index contributed by atoms with van der Waals surface area (Å²) in [6, 6.07) is 1.92. The number of nitrogens with one attached hydrogen (secondary N) is 1. The van der Waals surface area contributed by atoms with Crippen LogP contribution in [0.2, 0.25) is 0 Å². The molecular formula is C15H21NO3S. The summed E-state index contributed by atoms with van der Waals surface area (Å²) in [5.74, 6) is -1.04. The highest BCUT2D eigenvalue weighted by Gasteiger charge is 2.32. The van der Waals surface area contributed by atoms with Gasteiger partial charge < -0.3 is 10.4 Å². The van der Waals surface area contributed by atoms with Crippen LogP contribution in [0.3, 0.4) is 0 Å². The molecule has 1 aromatic rings. The smallest absolute Gasteiger partial charge is 0.306 e. The minimum Gasteiger partial charge on any atom is -0.481 e. The van der Waals surface area contributed by atoms with Gasteiger partial charge in [0.2, 0.25) is 0 Å². The van der Waals surface area contributed by atoms with E-state index in [2.05, 4.69) is 12.2 Å². The molecule has 0 aromatic carbocycles. The first-order chi connectivity index (χ1) is 9.52. The van der Waals surface area contributed by atoms with Crippen molar-refractivity contribution in [3.05, 3.63) is 21.4 Å². The molecule has 1 amide bonds. The van der Waals surface area contributed by atoms with Crippen LogP contribution in [-0.2, 0) is 11.2 Å². The number of carboxylic acid groups (broad SMARTS) is 1. The van der Waals surface area contributed by atoms with Crippen molar-refractivity contribution in [2.75, 3.05) is 6.54 Å². The third-order valence-corrected chi connectivity index (χ3v) is 5.45. The molecule has 4 nitrogen and oxygen atoms in total. The topological polar surface area (TPSA) is 66.4 Å². The summed E-state index contributed by atoms with van der Waals surface area (Å²) >= 11 is 1.53. The Kier molecular flexibility index (Phi) is 4.81. The van der Waals surface area contributed by atoms with Crippen LogP contribution in [0.1, 0.15) is 46.3 Å². The van der Waals surface area contributed by atoms with Crippen molar-refractivity contribution in [3.63, 3.8) is 0 Å². The Labute approximate surface area is 123 Å². The van der Waals surface area contributed by atoms with Gasteiger partial charge in [-0.05, 0) is 43.7 Å². The van der Waals surface area contributed by atoms with Crippen molar-refractivity contribution in [2.24, 2.45) is 11.8 Å². The summed E-state index contributed by atoms with van der Waals surface area (Å²) in [6.07, 6.45) is 3.50. The van der Waals surface area contributed by atoms with E-state index in [1.54, 1.807) is 0 Å². The third kappa shape index (κ3) is 3.20. The molecule has 2 atom stereocenters. The normalized spacial score (nSPS) is 21.9. The second kappa shape index (κ2) is 6.39. The lowest BCUT2D eigenvalue weighted by atomic mass is 9.96. The standard InChI is InChI=1S/C15H21NO3S/c1-3-12-9(2)7-13(20-12)14(17)16-8-10-5-4-6-11(10)15(18)19/h7,10-11H,3-6,8H2,1-2H3,(H,16,17)(H,18,19). The molecule has 1 fully saturated rings. The van der Waals surface area contributed by atoms with E-state index >= 15 is 0 Å². The number of hydrogen-bond donors (Lipinski definition) is 2. The van der Waals surface area contributed by atoms with Gasteiger partial charge >= 0.3 is 5.97 Å². The van der Waals surface area contributed by atoms with E-state index in [0.717, 1.165) is 36.1 Å². The SMILES string of the molecule is CCc1sc(C(=O)NCC2CCCC2C(=O)O)cc1C. The Balaban J connectivity index is 1.93. The first-order valence-corrected chi connectivity index (χ1v) is 7.94. The summed E-state index contributed by atoms with van der Waals surface area (Å²) in [4.78, 5) is 25.2. The number of thiophene rings is 1. The molecule has 2 unspecified atom stereocenters. The summed E-state index contributed by atoms with van der Waals surface area (Å²) in [5.41, 5.74) is 1.16. The van der Waals surface area contributed by atoms with Crippen molar-refractivity contribution in [3.8, 4) is 0 Å². The third-order valence-electron chi connectivity index (χ3n) is 4.07. The van der Waals surface area contributed by atoms with E-state index in [0.29, 0.717) is 6.54 Å². The molecule has 1 aliphatic carbocycles. The number of aryl methyl sites for hydroxylation is 2. The molecular weight excluding hydrogens is 274 g/mol. The molecule has 20 heavy (non-hydrogen) atoms. The van der Waals surface area contributed by atoms with E-state index in [1.165, 1.54) is 16.2 Å². The number of aliphatic carboxylic acids is 1. The van der Waals surface area contributed by atoms with Gasteiger partial charge in [0.05, 0.1) is 10.8 Å². The lowest BCUT2D eigenvalue weighted by Gasteiger charge is -2.15. The molecule has 0 saturated heterocycles. The van der Waals surface area contributed by atoms with Crippen LogP contribution in [-0.4, -0.2) is 23.5 Å². The predicted molar refractivity (Wildman–Crippen MR) is 79.2 cm³/mol. The zero-order chi connectivity index (χ0) is 14.7. The van der Waals surface area contributed by atoms with Crippen molar-refractivity contribution < 1.29 is 14.7 Å². The van der Waals surface area contributed by atoms with Gasteiger partial charge in [-0.1, -0.05) is 13.3 Å². The number of rotatable bonds is 5. The highest BCUT2D eigenvalue weighted by Crippen LogP contribution is 2.31. The maximum atomic E-state index is 12.1. The average molecular weight is 295 g/mol. The zero-order valence-electron chi connectivity index (χ0n) is 11.9. The molecule has 0 aliphatic heterocycles. The Morgan fingerprint density at radius 2 is 2.20 bits per heavy atom. The molecule has 0 radical (unpaired) electrons. The number of carbonyl (C=O) groups excluding carboxylic acids is 1. The summed E-state index contributed by atoms with van der Waals surface area (Å²) < 4.78 is 0. The number of amides is 1. The Bertz CT molecular complexity index is 509. The summed E-state index contributed by atoms with van der Waals surface area (Å²) in [6.45, 7) is 4.56. The number of carbonyl (C=O) groups is 2. The van der Waals surface area contributed by atoms with Gasteiger partial charge in [0.15, 0.2) is 0 Å². The lowest BCUT2D eigenvalue weighted by Crippen LogP contribution is -2.32. The van der Waals surface area contributed by atoms with Crippen LogP contribution in [0, 0.1) is 18.8 Å². The van der Waals surface area contributed by atoms with Crippen molar-refractivity contribution in [1.82, 2.24) is 5.32 Å². The molecule has 0 bridgehead atoms. The molecule has 5 heteroatoms. The van der Waals surface area contributed by atoms with Gasteiger partial charge in [-0.15, -0.1) is 11.3 Å². The molecule has 2 N–H and O–H groups in total. The van der Waals surface area contributed by atoms with Gasteiger partial charge in [0, 0.05) is 11.4 Å². The molecule has 1 heterocycles. The van der Waals surface area contributed by atoms with Crippen LogP contribution in [0.25, 0.3) is 0 Å². The van der Waals surface area contributed by atoms with Gasteiger partial charge in [-0.2, -0.15) is 0 Å². The highest BCUT2D eigenvalue weighted by atomic mass is 32.1. The molecule has 110 valence electrons. The van der Waals surface area contributed by atoms with Crippen LogP contribution >= 0.6 is 11.3 Å². The molecule has 0 spiro atoms. The molecule has 1 aromatic heterocycles. The second-order valence-corrected chi connectivity index (χ2v) is 6.55. The Morgan fingerprint density at radius 3 is 2.80 bits per heavy atom. The van der Waals surface area contributed by atoms with E-state index < -0.39 is 5.97 Å². The maximum Gasteiger partial charge on any atom is 0.306 e. The number of hydrogen-bond acceptors (Lipinski definition) is 3. The van der Waals surface area contributed by atoms with E-state index in [-0.39, 0.29) is 17.7 Å².